The molecule has 7 nitrogen and oxygen atoms in total. The maximum atomic E-state index is 13.3. The van der Waals surface area contributed by atoms with Crippen LogP contribution in [0.4, 0.5) is 11.5 Å². The summed E-state index contributed by atoms with van der Waals surface area (Å²) < 4.78 is 1.47. The zero-order chi connectivity index (χ0) is 22.9. The number of para-hydroxylation sites is 2. The van der Waals surface area contributed by atoms with Crippen molar-refractivity contribution in [2.45, 2.75) is 13.8 Å². The lowest BCUT2D eigenvalue weighted by molar-refractivity contribution is 0.102. The Bertz CT molecular complexity index is 1530. The summed E-state index contributed by atoms with van der Waals surface area (Å²) in [5.41, 5.74) is 12.7. The molecule has 3 aromatic carbocycles. The topological polar surface area (TPSA) is 98.2 Å². The SMILES string of the molecule is Cc1ccc(C=Nn2c(N)c(C(=O)Nc3cccc(C)c3)c3nc4ccccc4nc32)cc1. The van der Waals surface area contributed by atoms with Crippen LogP contribution in [0.15, 0.2) is 77.9 Å². The van der Waals surface area contributed by atoms with E-state index in [1.807, 2.05) is 86.6 Å². The number of hydrogen-bond donors (Lipinski definition) is 2. The van der Waals surface area contributed by atoms with E-state index in [0.29, 0.717) is 27.9 Å². The third kappa shape index (κ3) is 3.92. The van der Waals surface area contributed by atoms with Gasteiger partial charge >= 0.3 is 0 Å². The van der Waals surface area contributed by atoms with Crippen molar-refractivity contribution in [2.24, 2.45) is 5.10 Å². The first-order valence-electron chi connectivity index (χ1n) is 10.6. The minimum atomic E-state index is -0.364. The Morgan fingerprint density at radius 1 is 0.939 bits per heavy atom. The number of nitrogens with two attached hydrogens (primary N) is 1. The molecule has 0 saturated heterocycles. The molecule has 7 heteroatoms. The summed E-state index contributed by atoms with van der Waals surface area (Å²) in [4.78, 5) is 22.7. The third-order valence-corrected chi connectivity index (χ3v) is 5.38. The van der Waals surface area contributed by atoms with Gasteiger partial charge in [0.1, 0.15) is 16.9 Å². The summed E-state index contributed by atoms with van der Waals surface area (Å²) >= 11 is 0. The third-order valence-electron chi connectivity index (χ3n) is 5.38. The predicted octanol–water partition coefficient (Wildman–Crippen LogP) is 4.92. The quantitative estimate of drug-likeness (QED) is 0.392. The van der Waals surface area contributed by atoms with Crippen LogP contribution in [0.5, 0.6) is 0 Å². The van der Waals surface area contributed by atoms with Gasteiger partial charge < -0.3 is 11.1 Å². The molecule has 2 aromatic heterocycles. The van der Waals surface area contributed by atoms with E-state index >= 15 is 0 Å². The number of fused-ring (bicyclic) bond motifs is 2. The maximum Gasteiger partial charge on any atom is 0.261 e. The van der Waals surface area contributed by atoms with Gasteiger partial charge in [0, 0.05) is 5.69 Å². The highest BCUT2D eigenvalue weighted by molar-refractivity contribution is 6.16. The molecular weight excluding hydrogens is 412 g/mol. The first kappa shape index (κ1) is 20.4. The first-order chi connectivity index (χ1) is 16.0. The number of carbonyl (C=O) groups is 1. The van der Waals surface area contributed by atoms with Gasteiger partial charge in [0.05, 0.1) is 17.2 Å². The second-order valence-electron chi connectivity index (χ2n) is 7.94. The number of benzene rings is 3. The van der Waals surface area contributed by atoms with Gasteiger partial charge in [-0.3, -0.25) is 4.79 Å². The summed E-state index contributed by atoms with van der Waals surface area (Å²) in [6.07, 6.45) is 1.69. The van der Waals surface area contributed by atoms with E-state index in [1.54, 1.807) is 6.21 Å². The number of amides is 1. The van der Waals surface area contributed by atoms with Crippen molar-refractivity contribution in [1.29, 1.82) is 0 Å². The van der Waals surface area contributed by atoms with Crippen molar-refractivity contribution >= 4 is 45.8 Å². The van der Waals surface area contributed by atoms with Crippen LogP contribution >= 0.6 is 0 Å². The van der Waals surface area contributed by atoms with Gasteiger partial charge in [0.2, 0.25) is 0 Å². The number of hydrogen-bond acceptors (Lipinski definition) is 5. The van der Waals surface area contributed by atoms with E-state index in [4.69, 9.17) is 15.7 Å². The Kier molecular flexibility index (Phi) is 5.06. The summed E-state index contributed by atoms with van der Waals surface area (Å²) in [7, 11) is 0. The van der Waals surface area contributed by atoms with Crippen LogP contribution in [0.2, 0.25) is 0 Å². The molecule has 0 atom stereocenters. The monoisotopic (exact) mass is 434 g/mol. The van der Waals surface area contributed by atoms with Gasteiger partial charge in [0.15, 0.2) is 5.65 Å². The fourth-order valence-electron chi connectivity index (χ4n) is 3.68. The van der Waals surface area contributed by atoms with Crippen molar-refractivity contribution in [3.05, 3.63) is 95.1 Å². The Morgan fingerprint density at radius 3 is 2.39 bits per heavy atom. The van der Waals surface area contributed by atoms with Crippen LogP contribution in [0.1, 0.15) is 27.0 Å². The summed E-state index contributed by atoms with van der Waals surface area (Å²) in [6.45, 7) is 3.99. The predicted molar refractivity (Wildman–Crippen MR) is 133 cm³/mol. The van der Waals surface area contributed by atoms with Crippen LogP contribution in [-0.4, -0.2) is 26.8 Å². The lowest BCUT2D eigenvalue weighted by atomic mass is 10.2. The molecule has 0 aliphatic heterocycles. The molecule has 0 saturated carbocycles. The molecule has 0 aliphatic carbocycles. The van der Waals surface area contributed by atoms with Gasteiger partial charge in [-0.1, -0.05) is 54.1 Å². The van der Waals surface area contributed by atoms with Gasteiger partial charge in [-0.15, -0.1) is 0 Å². The summed E-state index contributed by atoms with van der Waals surface area (Å²) in [6, 6.07) is 23.0. The molecule has 5 aromatic rings. The number of nitrogen functional groups attached to an aromatic ring is 1. The van der Waals surface area contributed by atoms with Crippen LogP contribution < -0.4 is 11.1 Å². The molecule has 33 heavy (non-hydrogen) atoms. The maximum absolute atomic E-state index is 13.3. The molecule has 0 bridgehead atoms. The number of anilines is 2. The molecule has 5 rings (SSSR count). The van der Waals surface area contributed by atoms with E-state index in [1.165, 1.54) is 4.68 Å². The fraction of sp³-hybridized carbons (Fsp3) is 0.0769. The van der Waals surface area contributed by atoms with E-state index < -0.39 is 0 Å². The van der Waals surface area contributed by atoms with Gasteiger partial charge in [-0.25, -0.2) is 9.97 Å². The average Bonchev–Trinajstić information content (AvgIpc) is 3.07. The molecule has 162 valence electrons. The molecule has 0 spiro atoms. The van der Waals surface area contributed by atoms with Crippen LogP contribution in [0.25, 0.3) is 22.2 Å². The average molecular weight is 435 g/mol. The minimum absolute atomic E-state index is 0.175. The van der Waals surface area contributed by atoms with E-state index in [0.717, 1.165) is 16.7 Å². The van der Waals surface area contributed by atoms with Crippen molar-refractivity contribution in [2.75, 3.05) is 11.1 Å². The summed E-state index contributed by atoms with van der Waals surface area (Å²) in [5, 5.41) is 7.47. The molecule has 0 aliphatic rings. The second kappa shape index (κ2) is 8.20. The van der Waals surface area contributed by atoms with Gasteiger partial charge in [-0.05, 0) is 49.2 Å². The second-order valence-corrected chi connectivity index (χ2v) is 7.94. The number of nitrogens with zero attached hydrogens (tertiary/aromatic N) is 4. The smallest absolute Gasteiger partial charge is 0.261 e. The zero-order valence-corrected chi connectivity index (χ0v) is 18.3. The molecule has 1 amide bonds. The standard InChI is InChI=1S/C26H22N6O/c1-16-10-12-18(13-11-16)15-28-32-24(27)22(26(33)29-19-7-5-6-17(2)14-19)23-25(32)31-21-9-4-3-8-20(21)30-23/h3-15H,27H2,1-2H3,(H,29,33). The zero-order valence-electron chi connectivity index (χ0n) is 18.3. The van der Waals surface area contributed by atoms with Crippen LogP contribution in [0.3, 0.4) is 0 Å². The molecule has 3 N–H and O–H groups in total. The Labute approximate surface area is 190 Å². The Balaban J connectivity index is 1.66. The number of carbonyl (C=O) groups excluding carboxylic acids is 1. The van der Waals surface area contributed by atoms with Gasteiger partial charge in [-0.2, -0.15) is 9.78 Å². The Hall–Kier alpha value is -4.52. The van der Waals surface area contributed by atoms with Crippen molar-refractivity contribution in [3.8, 4) is 0 Å². The van der Waals surface area contributed by atoms with Crippen LogP contribution in [-0.2, 0) is 0 Å². The lowest BCUT2D eigenvalue weighted by Gasteiger charge is -2.06. The largest absolute Gasteiger partial charge is 0.383 e. The highest BCUT2D eigenvalue weighted by Crippen LogP contribution is 2.28. The van der Waals surface area contributed by atoms with Crippen molar-refractivity contribution in [3.63, 3.8) is 0 Å². The fourth-order valence-corrected chi connectivity index (χ4v) is 3.68. The lowest BCUT2D eigenvalue weighted by Crippen LogP contribution is -2.14. The number of aryl methyl sites for hydroxylation is 2. The molecule has 0 radical (unpaired) electrons. The van der Waals surface area contributed by atoms with Crippen molar-refractivity contribution < 1.29 is 4.79 Å². The molecule has 0 unspecified atom stereocenters. The van der Waals surface area contributed by atoms with Crippen molar-refractivity contribution in [1.82, 2.24) is 14.6 Å². The highest BCUT2D eigenvalue weighted by Gasteiger charge is 2.24. The highest BCUT2D eigenvalue weighted by atomic mass is 16.1. The number of nitrogens with one attached hydrogen (secondary N) is 1. The molecule has 0 fully saturated rings. The van der Waals surface area contributed by atoms with Crippen LogP contribution in [0, 0.1) is 13.8 Å². The normalized spacial score (nSPS) is 11.5. The minimum Gasteiger partial charge on any atom is -0.383 e. The van der Waals surface area contributed by atoms with Gasteiger partial charge in [0.25, 0.3) is 5.91 Å². The molecule has 2 heterocycles. The number of aromatic nitrogens is 3. The van der Waals surface area contributed by atoms with E-state index in [2.05, 4.69) is 10.4 Å². The summed E-state index contributed by atoms with van der Waals surface area (Å²) in [5.74, 6) is -0.189. The molecular formula is C26H22N6O. The van der Waals surface area contributed by atoms with E-state index in [9.17, 15) is 4.79 Å². The first-order valence-corrected chi connectivity index (χ1v) is 10.6. The Morgan fingerprint density at radius 2 is 1.67 bits per heavy atom. The van der Waals surface area contributed by atoms with E-state index in [-0.39, 0.29) is 17.3 Å². The number of rotatable bonds is 4.